The van der Waals surface area contributed by atoms with Crippen LogP contribution >= 0.6 is 0 Å². The minimum absolute atomic E-state index is 0.0377. The van der Waals surface area contributed by atoms with Gasteiger partial charge in [-0.3, -0.25) is 9.10 Å². The van der Waals surface area contributed by atoms with Gasteiger partial charge in [-0.05, 0) is 41.5 Å². The van der Waals surface area contributed by atoms with Gasteiger partial charge in [-0.25, -0.2) is 8.42 Å². The molecular formula is C23H30N2O4S. The molecule has 0 radical (unpaired) electrons. The first kappa shape index (κ1) is 22.2. The molecule has 3 rings (SSSR count). The third-order valence-electron chi connectivity index (χ3n) is 5.17. The summed E-state index contributed by atoms with van der Waals surface area (Å²) >= 11 is 0. The maximum Gasteiger partial charge on any atom is 0.263 e. The summed E-state index contributed by atoms with van der Waals surface area (Å²) in [6.07, 6.45) is 1.93. The number of hydrogen-bond donors (Lipinski definition) is 1. The summed E-state index contributed by atoms with van der Waals surface area (Å²) in [5.74, 6) is 0.103. The van der Waals surface area contributed by atoms with Gasteiger partial charge < -0.3 is 10.1 Å². The smallest absolute Gasteiger partial charge is 0.263 e. The molecule has 1 N–H and O–H groups in total. The van der Waals surface area contributed by atoms with Gasteiger partial charge in [0.1, 0.15) is 5.75 Å². The Morgan fingerprint density at radius 3 is 2.50 bits per heavy atom. The second kappa shape index (κ2) is 8.68. The van der Waals surface area contributed by atoms with E-state index >= 15 is 0 Å². The monoisotopic (exact) mass is 430 g/mol. The highest BCUT2D eigenvalue weighted by Gasteiger charge is 2.35. The van der Waals surface area contributed by atoms with Crippen LogP contribution in [0.4, 0.5) is 5.69 Å². The number of sulfonamides is 1. The van der Waals surface area contributed by atoms with Crippen LogP contribution in [0.5, 0.6) is 5.75 Å². The van der Waals surface area contributed by atoms with Crippen molar-refractivity contribution in [2.24, 2.45) is 0 Å². The van der Waals surface area contributed by atoms with Crippen molar-refractivity contribution in [3.8, 4) is 5.75 Å². The molecular weight excluding hydrogens is 400 g/mol. The Hall–Kier alpha value is -2.54. The number of amides is 1. The number of nitrogens with one attached hydrogen (secondary N) is 1. The SMILES string of the molecule is CC(C)(C)c1ccc2c(c1)N(S(C)(=O)=O)CC(C(=O)NCCCc1ccccc1)O2. The van der Waals surface area contributed by atoms with Gasteiger partial charge in [-0.15, -0.1) is 0 Å². The molecule has 1 unspecified atom stereocenters. The Kier molecular flexibility index (Phi) is 6.41. The van der Waals surface area contributed by atoms with Gasteiger partial charge in [0, 0.05) is 6.54 Å². The Bertz CT molecular complexity index is 998. The highest BCUT2D eigenvalue weighted by Crippen LogP contribution is 2.38. The van der Waals surface area contributed by atoms with E-state index in [-0.39, 0.29) is 17.9 Å². The number of ether oxygens (including phenoxy) is 1. The topological polar surface area (TPSA) is 75.7 Å². The van der Waals surface area contributed by atoms with Crippen molar-refractivity contribution in [2.45, 2.75) is 45.1 Å². The number of aryl methyl sites for hydroxylation is 1. The predicted molar refractivity (Wildman–Crippen MR) is 120 cm³/mol. The summed E-state index contributed by atoms with van der Waals surface area (Å²) in [4.78, 5) is 12.7. The molecule has 1 aliphatic heterocycles. The Morgan fingerprint density at radius 1 is 1.17 bits per heavy atom. The standard InChI is InChI=1S/C23H30N2O4S/c1-23(2,3)18-12-13-20-19(15-18)25(30(4,27)28)16-21(29-20)22(26)24-14-8-11-17-9-6-5-7-10-17/h5-7,9-10,12-13,15,21H,8,11,14,16H2,1-4H3,(H,24,26). The van der Waals surface area contributed by atoms with Gasteiger partial charge in [0.05, 0.1) is 18.5 Å². The van der Waals surface area contributed by atoms with E-state index in [4.69, 9.17) is 4.74 Å². The fourth-order valence-corrected chi connectivity index (χ4v) is 4.34. The van der Waals surface area contributed by atoms with Crippen LogP contribution in [0, 0.1) is 0 Å². The lowest BCUT2D eigenvalue weighted by atomic mass is 9.86. The van der Waals surface area contributed by atoms with Crippen molar-refractivity contribution in [2.75, 3.05) is 23.7 Å². The van der Waals surface area contributed by atoms with Gasteiger partial charge in [0.2, 0.25) is 10.0 Å². The third-order valence-corrected chi connectivity index (χ3v) is 6.32. The molecule has 2 aromatic carbocycles. The Balaban J connectivity index is 1.69. The average Bonchev–Trinajstić information content (AvgIpc) is 2.69. The van der Waals surface area contributed by atoms with Gasteiger partial charge in [0.15, 0.2) is 6.10 Å². The Morgan fingerprint density at radius 2 is 1.87 bits per heavy atom. The van der Waals surface area contributed by atoms with Crippen molar-refractivity contribution < 1.29 is 17.9 Å². The molecule has 1 aliphatic rings. The highest BCUT2D eigenvalue weighted by molar-refractivity contribution is 7.92. The molecule has 0 saturated carbocycles. The lowest BCUT2D eigenvalue weighted by molar-refractivity contribution is -0.127. The van der Waals surface area contributed by atoms with Crippen LogP contribution in [-0.2, 0) is 26.7 Å². The van der Waals surface area contributed by atoms with E-state index in [0.29, 0.717) is 18.0 Å². The molecule has 1 amide bonds. The molecule has 0 saturated heterocycles. The number of carbonyl (C=O) groups is 1. The normalized spacial score (nSPS) is 16.5. The van der Waals surface area contributed by atoms with E-state index in [0.717, 1.165) is 24.7 Å². The van der Waals surface area contributed by atoms with E-state index in [9.17, 15) is 13.2 Å². The maximum absolute atomic E-state index is 12.7. The molecule has 0 fully saturated rings. The number of carbonyl (C=O) groups excluding carboxylic acids is 1. The van der Waals surface area contributed by atoms with Crippen molar-refractivity contribution in [1.29, 1.82) is 0 Å². The largest absolute Gasteiger partial charge is 0.476 e. The zero-order valence-corrected chi connectivity index (χ0v) is 18.8. The molecule has 30 heavy (non-hydrogen) atoms. The lowest BCUT2D eigenvalue weighted by Gasteiger charge is -2.35. The van der Waals surface area contributed by atoms with E-state index in [1.165, 1.54) is 9.87 Å². The second-order valence-electron chi connectivity index (χ2n) is 8.71. The Labute approximate surface area is 179 Å². The number of benzene rings is 2. The fraction of sp³-hybridized carbons (Fsp3) is 0.435. The third kappa shape index (κ3) is 5.33. The van der Waals surface area contributed by atoms with Crippen molar-refractivity contribution in [1.82, 2.24) is 5.32 Å². The van der Waals surface area contributed by atoms with Gasteiger partial charge in [-0.2, -0.15) is 0 Å². The average molecular weight is 431 g/mol. The van der Waals surface area contributed by atoms with Crippen LogP contribution in [0.3, 0.4) is 0 Å². The first-order valence-corrected chi connectivity index (χ1v) is 12.0. The van der Waals surface area contributed by atoms with Crippen LogP contribution in [0.1, 0.15) is 38.3 Å². The molecule has 2 aromatic rings. The van der Waals surface area contributed by atoms with Crippen LogP contribution in [0.15, 0.2) is 48.5 Å². The zero-order valence-electron chi connectivity index (χ0n) is 18.0. The molecule has 1 atom stereocenters. The van der Waals surface area contributed by atoms with Crippen LogP contribution in [0.25, 0.3) is 0 Å². The minimum Gasteiger partial charge on any atom is -0.476 e. The minimum atomic E-state index is -3.56. The van der Waals surface area contributed by atoms with Crippen molar-refractivity contribution in [3.63, 3.8) is 0 Å². The number of anilines is 1. The van der Waals surface area contributed by atoms with Crippen molar-refractivity contribution >= 4 is 21.6 Å². The first-order valence-electron chi connectivity index (χ1n) is 10.2. The summed E-state index contributed by atoms with van der Waals surface area (Å²) in [5, 5.41) is 2.88. The summed E-state index contributed by atoms with van der Waals surface area (Å²) in [6, 6.07) is 15.6. The van der Waals surface area contributed by atoms with Crippen LogP contribution < -0.4 is 14.4 Å². The van der Waals surface area contributed by atoms with Crippen LogP contribution in [0.2, 0.25) is 0 Å². The van der Waals surface area contributed by atoms with Crippen LogP contribution in [-0.4, -0.2) is 39.8 Å². The summed E-state index contributed by atoms with van der Waals surface area (Å²) in [6.45, 7) is 6.66. The molecule has 1 heterocycles. The molecule has 162 valence electrons. The summed E-state index contributed by atoms with van der Waals surface area (Å²) in [7, 11) is -3.56. The molecule has 0 aromatic heterocycles. The maximum atomic E-state index is 12.7. The summed E-state index contributed by atoms with van der Waals surface area (Å²) in [5.41, 5.74) is 2.57. The number of nitrogens with zero attached hydrogens (tertiary/aromatic N) is 1. The van der Waals surface area contributed by atoms with E-state index in [1.54, 1.807) is 6.07 Å². The molecule has 6 nitrogen and oxygen atoms in total. The number of rotatable bonds is 6. The highest BCUT2D eigenvalue weighted by atomic mass is 32.2. The van der Waals surface area contributed by atoms with E-state index < -0.39 is 16.1 Å². The van der Waals surface area contributed by atoms with Gasteiger partial charge in [0.25, 0.3) is 5.91 Å². The van der Waals surface area contributed by atoms with Gasteiger partial charge in [-0.1, -0.05) is 57.2 Å². The molecule has 7 heteroatoms. The second-order valence-corrected chi connectivity index (χ2v) is 10.6. The molecule has 0 spiro atoms. The first-order chi connectivity index (χ1) is 14.1. The van der Waals surface area contributed by atoms with E-state index in [2.05, 4.69) is 38.2 Å². The summed E-state index contributed by atoms with van der Waals surface area (Å²) < 4.78 is 32.0. The predicted octanol–water partition coefficient (Wildman–Crippen LogP) is 3.26. The zero-order chi connectivity index (χ0) is 21.9. The van der Waals surface area contributed by atoms with Gasteiger partial charge >= 0.3 is 0 Å². The number of hydrogen-bond acceptors (Lipinski definition) is 4. The van der Waals surface area contributed by atoms with E-state index in [1.807, 2.05) is 30.3 Å². The molecule has 0 bridgehead atoms. The van der Waals surface area contributed by atoms with Crippen molar-refractivity contribution in [3.05, 3.63) is 59.7 Å². The fourth-order valence-electron chi connectivity index (χ4n) is 3.43. The quantitative estimate of drug-likeness (QED) is 0.714. The molecule has 0 aliphatic carbocycles. The number of fused-ring (bicyclic) bond motifs is 1. The lowest BCUT2D eigenvalue weighted by Crippen LogP contribution is -2.50.